The number of para-hydroxylation sites is 4. The van der Waals surface area contributed by atoms with Gasteiger partial charge in [0.15, 0.2) is 5.58 Å². The second-order valence-electron chi connectivity index (χ2n) is 11.7. The third-order valence-electron chi connectivity index (χ3n) is 9.21. The van der Waals surface area contributed by atoms with Crippen molar-refractivity contribution in [1.82, 2.24) is 4.57 Å². The lowest BCUT2D eigenvalue weighted by Gasteiger charge is -2.08. The molecule has 3 heteroatoms. The minimum atomic E-state index is 0.867. The summed E-state index contributed by atoms with van der Waals surface area (Å²) in [5.74, 6) is 0. The van der Waals surface area contributed by atoms with E-state index < -0.39 is 0 Å². The lowest BCUT2D eigenvalue weighted by Crippen LogP contribution is -1.94. The van der Waals surface area contributed by atoms with Crippen molar-refractivity contribution in [3.8, 4) is 27.9 Å². The maximum atomic E-state index is 6.93. The highest BCUT2D eigenvalue weighted by Crippen LogP contribution is 2.43. The van der Waals surface area contributed by atoms with Crippen LogP contribution in [0.5, 0.6) is 0 Å². The standard InChI is InChI=1S/C42H25NO2/c1-2-11-26(12-3-1)27-13-8-14-28(25-27)29-17-9-18-31-32-19-10-21-37(41(32)45-40(29)31)43-35-20-6-4-16-34(35)39-36(43)24-23-33-30-15-5-7-22-38(30)44-42(33)39/h1-25H. The first-order chi connectivity index (χ1) is 22.3. The van der Waals surface area contributed by atoms with Crippen LogP contribution in [0.2, 0.25) is 0 Å². The zero-order valence-electron chi connectivity index (χ0n) is 24.2. The van der Waals surface area contributed by atoms with Gasteiger partial charge in [-0.15, -0.1) is 0 Å². The van der Waals surface area contributed by atoms with Crippen molar-refractivity contribution in [1.29, 1.82) is 0 Å². The molecule has 0 fully saturated rings. The summed E-state index contributed by atoms with van der Waals surface area (Å²) >= 11 is 0. The quantitative estimate of drug-likeness (QED) is 0.210. The number of hydrogen-bond acceptors (Lipinski definition) is 2. The van der Waals surface area contributed by atoms with E-state index in [2.05, 4.69) is 144 Å². The van der Waals surface area contributed by atoms with Gasteiger partial charge in [0, 0.05) is 32.5 Å². The second kappa shape index (κ2) is 9.22. The number of rotatable bonds is 3. The molecule has 0 bridgehead atoms. The van der Waals surface area contributed by atoms with Crippen LogP contribution in [0, 0.1) is 0 Å². The predicted octanol–water partition coefficient (Wildman–Crippen LogP) is 11.9. The zero-order valence-corrected chi connectivity index (χ0v) is 24.2. The van der Waals surface area contributed by atoms with Gasteiger partial charge in [-0.1, -0.05) is 115 Å². The number of hydrogen-bond donors (Lipinski definition) is 0. The van der Waals surface area contributed by atoms with Crippen LogP contribution in [-0.2, 0) is 0 Å². The number of nitrogens with zero attached hydrogens (tertiary/aromatic N) is 1. The minimum absolute atomic E-state index is 0.867. The van der Waals surface area contributed by atoms with Crippen LogP contribution >= 0.6 is 0 Å². The summed E-state index contributed by atoms with van der Waals surface area (Å²) in [6, 6.07) is 53.4. The molecule has 3 aromatic heterocycles. The molecule has 3 nitrogen and oxygen atoms in total. The van der Waals surface area contributed by atoms with E-state index in [1.54, 1.807) is 0 Å². The molecule has 0 aliphatic carbocycles. The van der Waals surface area contributed by atoms with E-state index in [0.29, 0.717) is 0 Å². The fourth-order valence-corrected chi connectivity index (χ4v) is 7.20. The van der Waals surface area contributed by atoms with Crippen LogP contribution in [0.3, 0.4) is 0 Å². The lowest BCUT2D eigenvalue weighted by molar-refractivity contribution is 0.667. The maximum absolute atomic E-state index is 6.93. The van der Waals surface area contributed by atoms with Gasteiger partial charge in [-0.2, -0.15) is 0 Å². The Morgan fingerprint density at radius 2 is 1.04 bits per heavy atom. The van der Waals surface area contributed by atoms with E-state index in [-0.39, 0.29) is 0 Å². The van der Waals surface area contributed by atoms with Crippen molar-refractivity contribution in [3.05, 3.63) is 152 Å². The maximum Gasteiger partial charge on any atom is 0.159 e. The highest BCUT2D eigenvalue weighted by molar-refractivity contribution is 6.24. The second-order valence-corrected chi connectivity index (χ2v) is 11.7. The molecule has 10 rings (SSSR count). The molecule has 45 heavy (non-hydrogen) atoms. The Balaban J connectivity index is 1.25. The molecular formula is C42H25NO2. The van der Waals surface area contributed by atoms with Gasteiger partial charge >= 0.3 is 0 Å². The average Bonchev–Trinajstić information content (AvgIpc) is 3.78. The molecule has 3 heterocycles. The summed E-state index contributed by atoms with van der Waals surface area (Å²) in [6.45, 7) is 0. The third-order valence-corrected chi connectivity index (χ3v) is 9.21. The van der Waals surface area contributed by atoms with Gasteiger partial charge in [0.1, 0.15) is 16.7 Å². The molecule has 10 aromatic rings. The SMILES string of the molecule is c1ccc(-c2cccc(-c3cccc4c3oc3c(-n5c6ccccc6c6c7oc8ccccc8c7ccc65)cccc34)c2)cc1. The van der Waals surface area contributed by atoms with Gasteiger partial charge in [0.05, 0.1) is 22.1 Å². The van der Waals surface area contributed by atoms with Gasteiger partial charge < -0.3 is 13.4 Å². The summed E-state index contributed by atoms with van der Waals surface area (Å²) in [4.78, 5) is 0. The number of aromatic nitrogens is 1. The topological polar surface area (TPSA) is 31.2 Å². The molecule has 0 amide bonds. The molecule has 0 spiro atoms. The Kier molecular flexibility index (Phi) is 5.00. The first kappa shape index (κ1) is 24.4. The minimum Gasteiger partial charge on any atom is -0.455 e. The molecule has 0 N–H and O–H groups in total. The molecule has 0 saturated heterocycles. The summed E-state index contributed by atoms with van der Waals surface area (Å²) in [6.07, 6.45) is 0. The Morgan fingerprint density at radius 3 is 1.96 bits per heavy atom. The van der Waals surface area contributed by atoms with Gasteiger partial charge in [-0.05, 0) is 53.1 Å². The van der Waals surface area contributed by atoms with Gasteiger partial charge in [-0.3, -0.25) is 0 Å². The highest BCUT2D eigenvalue weighted by Gasteiger charge is 2.22. The highest BCUT2D eigenvalue weighted by atomic mass is 16.3. The normalized spacial score (nSPS) is 12.0. The van der Waals surface area contributed by atoms with Crippen LogP contribution in [0.15, 0.2) is 160 Å². The molecule has 0 saturated carbocycles. The van der Waals surface area contributed by atoms with Gasteiger partial charge in [0.2, 0.25) is 0 Å². The van der Waals surface area contributed by atoms with E-state index in [4.69, 9.17) is 8.83 Å². The van der Waals surface area contributed by atoms with Crippen LogP contribution in [0.1, 0.15) is 0 Å². The summed E-state index contributed by atoms with van der Waals surface area (Å²) < 4.78 is 15.8. The molecular weight excluding hydrogens is 550 g/mol. The fraction of sp³-hybridized carbons (Fsp3) is 0. The van der Waals surface area contributed by atoms with E-state index in [9.17, 15) is 0 Å². The first-order valence-corrected chi connectivity index (χ1v) is 15.3. The van der Waals surface area contributed by atoms with Crippen molar-refractivity contribution < 1.29 is 8.83 Å². The Hall–Kier alpha value is -6.06. The molecule has 0 radical (unpaired) electrons. The van der Waals surface area contributed by atoms with Crippen LogP contribution in [0.25, 0.3) is 93.6 Å². The lowest BCUT2D eigenvalue weighted by atomic mass is 9.98. The molecule has 0 aliphatic rings. The van der Waals surface area contributed by atoms with Crippen LogP contribution < -0.4 is 0 Å². The molecule has 0 aliphatic heterocycles. The monoisotopic (exact) mass is 575 g/mol. The first-order valence-electron chi connectivity index (χ1n) is 15.3. The Bertz CT molecular complexity index is 2760. The van der Waals surface area contributed by atoms with E-state index in [1.807, 2.05) is 12.1 Å². The third kappa shape index (κ3) is 3.46. The van der Waals surface area contributed by atoms with E-state index >= 15 is 0 Å². The van der Waals surface area contributed by atoms with E-state index in [1.165, 1.54) is 11.1 Å². The van der Waals surface area contributed by atoms with Crippen molar-refractivity contribution in [2.45, 2.75) is 0 Å². The number of benzene rings is 7. The van der Waals surface area contributed by atoms with Gasteiger partial charge in [0.25, 0.3) is 0 Å². The summed E-state index contributed by atoms with van der Waals surface area (Å²) in [7, 11) is 0. The smallest absolute Gasteiger partial charge is 0.159 e. The van der Waals surface area contributed by atoms with E-state index in [0.717, 1.165) is 82.5 Å². The molecule has 7 aromatic carbocycles. The Morgan fingerprint density at radius 1 is 0.378 bits per heavy atom. The van der Waals surface area contributed by atoms with Crippen LogP contribution in [0.4, 0.5) is 0 Å². The largest absolute Gasteiger partial charge is 0.455 e. The van der Waals surface area contributed by atoms with Crippen molar-refractivity contribution in [2.75, 3.05) is 0 Å². The van der Waals surface area contributed by atoms with Crippen molar-refractivity contribution >= 4 is 65.7 Å². The predicted molar refractivity (Wildman–Crippen MR) is 186 cm³/mol. The zero-order chi connectivity index (χ0) is 29.5. The van der Waals surface area contributed by atoms with Gasteiger partial charge in [-0.25, -0.2) is 0 Å². The van der Waals surface area contributed by atoms with Crippen LogP contribution in [-0.4, -0.2) is 4.57 Å². The summed E-state index contributed by atoms with van der Waals surface area (Å²) in [5.41, 5.74) is 11.4. The molecule has 0 unspecified atom stereocenters. The average molecular weight is 576 g/mol. The fourth-order valence-electron chi connectivity index (χ4n) is 7.20. The summed E-state index contributed by atoms with van der Waals surface area (Å²) in [5, 5.41) is 6.74. The van der Waals surface area contributed by atoms with Crippen molar-refractivity contribution in [3.63, 3.8) is 0 Å². The Labute approximate surface area is 258 Å². The van der Waals surface area contributed by atoms with Crippen molar-refractivity contribution in [2.24, 2.45) is 0 Å². The number of furan rings is 2. The number of fused-ring (bicyclic) bond motifs is 10. The molecule has 210 valence electrons. The molecule has 0 atom stereocenters.